The van der Waals surface area contributed by atoms with Crippen LogP contribution in [-0.4, -0.2) is 30.6 Å². The molecular formula is C17H36NOP. The summed E-state index contributed by atoms with van der Waals surface area (Å²) in [5, 5.41) is 4.26. The van der Waals surface area contributed by atoms with Gasteiger partial charge >= 0.3 is 0 Å². The number of nitrogens with one attached hydrogen (secondary N) is 1. The molecule has 1 N–H and O–H groups in total. The fourth-order valence-electron chi connectivity index (χ4n) is 2.59. The van der Waals surface area contributed by atoms with Gasteiger partial charge in [0.25, 0.3) is 0 Å². The van der Waals surface area contributed by atoms with Gasteiger partial charge in [-0.1, -0.05) is 55.4 Å². The third-order valence-electron chi connectivity index (χ3n) is 4.72. The zero-order chi connectivity index (χ0) is 15.7. The third kappa shape index (κ3) is 4.97. The molecule has 1 saturated heterocycles. The molecule has 20 heavy (non-hydrogen) atoms. The van der Waals surface area contributed by atoms with Crippen molar-refractivity contribution in [3.63, 3.8) is 0 Å². The van der Waals surface area contributed by atoms with Gasteiger partial charge in [-0.25, -0.2) is 0 Å². The van der Waals surface area contributed by atoms with Gasteiger partial charge in [0, 0.05) is 6.04 Å². The molecule has 0 aromatic heterocycles. The van der Waals surface area contributed by atoms with Crippen LogP contribution in [0.2, 0.25) is 0 Å². The van der Waals surface area contributed by atoms with Crippen molar-refractivity contribution in [2.45, 2.75) is 79.1 Å². The van der Waals surface area contributed by atoms with E-state index in [0.717, 1.165) is 6.61 Å². The van der Waals surface area contributed by atoms with Crippen molar-refractivity contribution >= 4 is 8.07 Å². The van der Waals surface area contributed by atoms with Gasteiger partial charge in [-0.05, 0) is 43.6 Å². The molecule has 1 heterocycles. The van der Waals surface area contributed by atoms with Crippen molar-refractivity contribution in [1.82, 2.24) is 5.09 Å². The highest BCUT2D eigenvalue weighted by Crippen LogP contribution is 2.45. The lowest BCUT2D eigenvalue weighted by molar-refractivity contribution is 0.0646. The van der Waals surface area contributed by atoms with Crippen molar-refractivity contribution in [2.75, 3.05) is 13.3 Å². The molecule has 0 aromatic rings. The molecular weight excluding hydrogens is 265 g/mol. The van der Waals surface area contributed by atoms with E-state index in [9.17, 15) is 0 Å². The summed E-state index contributed by atoms with van der Waals surface area (Å²) in [4.78, 5) is 0. The zero-order valence-electron chi connectivity index (χ0n) is 15.1. The molecule has 0 saturated carbocycles. The zero-order valence-corrected chi connectivity index (χ0v) is 16.0. The number of ether oxygens (including phenoxy) is 1. The topological polar surface area (TPSA) is 21.3 Å². The minimum atomic E-state index is -0.182. The van der Waals surface area contributed by atoms with Crippen LogP contribution in [0, 0.1) is 17.3 Å². The van der Waals surface area contributed by atoms with Gasteiger partial charge < -0.3 is 4.74 Å². The molecule has 2 unspecified atom stereocenters. The summed E-state index contributed by atoms with van der Waals surface area (Å²) in [5.41, 5.74) is 0.358. The van der Waals surface area contributed by atoms with Gasteiger partial charge in [0.2, 0.25) is 0 Å². The summed E-state index contributed by atoms with van der Waals surface area (Å²) < 4.78 is 6.18. The molecule has 3 heteroatoms. The molecule has 0 amide bonds. The second-order valence-corrected chi connectivity index (χ2v) is 11.5. The van der Waals surface area contributed by atoms with E-state index < -0.39 is 0 Å². The van der Waals surface area contributed by atoms with Crippen molar-refractivity contribution in [1.29, 1.82) is 0 Å². The van der Waals surface area contributed by atoms with Crippen LogP contribution >= 0.6 is 8.07 Å². The average Bonchev–Trinajstić information content (AvgIpc) is 2.71. The second kappa shape index (κ2) is 6.63. The predicted molar refractivity (Wildman–Crippen MR) is 91.7 cm³/mol. The van der Waals surface area contributed by atoms with Crippen molar-refractivity contribution in [2.24, 2.45) is 17.3 Å². The van der Waals surface area contributed by atoms with Gasteiger partial charge in [-0.2, -0.15) is 0 Å². The Bertz CT molecular complexity index is 303. The molecule has 0 spiro atoms. The van der Waals surface area contributed by atoms with E-state index >= 15 is 0 Å². The first-order valence-electron chi connectivity index (χ1n) is 8.04. The second-order valence-electron chi connectivity index (χ2n) is 8.80. The number of hydrogen-bond donors (Lipinski definition) is 1. The van der Waals surface area contributed by atoms with Crippen molar-refractivity contribution in [3.05, 3.63) is 0 Å². The Kier molecular flexibility index (Phi) is 6.10. The highest BCUT2D eigenvalue weighted by Gasteiger charge is 2.39. The maximum atomic E-state index is 6.18. The minimum Gasteiger partial charge on any atom is -0.376 e. The summed E-state index contributed by atoms with van der Waals surface area (Å²) in [6.45, 7) is 21.9. The molecule has 1 rings (SSSR count). The monoisotopic (exact) mass is 301 g/mol. The molecule has 0 radical (unpaired) electrons. The fraction of sp³-hybridized carbons (Fsp3) is 1.00. The van der Waals surface area contributed by atoms with Crippen LogP contribution in [0.25, 0.3) is 0 Å². The van der Waals surface area contributed by atoms with E-state index in [1.807, 2.05) is 0 Å². The van der Waals surface area contributed by atoms with E-state index in [1.165, 1.54) is 6.42 Å². The molecule has 0 bridgehead atoms. The molecule has 1 fully saturated rings. The van der Waals surface area contributed by atoms with Crippen LogP contribution < -0.4 is 5.09 Å². The summed E-state index contributed by atoms with van der Waals surface area (Å²) >= 11 is 0. The summed E-state index contributed by atoms with van der Waals surface area (Å²) in [5.74, 6) is 1.30. The fourth-order valence-corrected chi connectivity index (χ4v) is 3.89. The molecule has 0 aliphatic carbocycles. The summed E-state index contributed by atoms with van der Waals surface area (Å²) in [6, 6.07) is 0.484. The van der Waals surface area contributed by atoms with E-state index in [2.05, 4.69) is 67.1 Å². The Balaban J connectivity index is 2.70. The summed E-state index contributed by atoms with van der Waals surface area (Å²) in [7, 11) is -0.182. The van der Waals surface area contributed by atoms with Gasteiger partial charge in [0.1, 0.15) is 0 Å². The van der Waals surface area contributed by atoms with E-state index in [1.54, 1.807) is 0 Å². The summed E-state index contributed by atoms with van der Waals surface area (Å²) in [6.07, 6.45) is 1.58. The number of hydrogen-bond acceptors (Lipinski definition) is 2. The van der Waals surface area contributed by atoms with Gasteiger partial charge in [0.05, 0.1) is 12.7 Å². The van der Waals surface area contributed by atoms with Crippen LogP contribution in [0.15, 0.2) is 0 Å². The van der Waals surface area contributed by atoms with Crippen LogP contribution in [0.1, 0.15) is 61.8 Å². The number of rotatable bonds is 4. The lowest BCUT2D eigenvalue weighted by Crippen LogP contribution is -2.43. The van der Waals surface area contributed by atoms with Crippen molar-refractivity contribution in [3.8, 4) is 0 Å². The SMILES string of the molecule is CC(C)[C@H](NP(C)C(C)(C)C)C1C[C@H](C(C)(C)C)CO1. The maximum absolute atomic E-state index is 6.18. The Labute approximate surface area is 128 Å². The van der Waals surface area contributed by atoms with Gasteiger partial charge in [-0.3, -0.25) is 5.09 Å². The lowest BCUT2D eigenvalue weighted by Gasteiger charge is -2.36. The molecule has 120 valence electrons. The molecule has 2 nitrogen and oxygen atoms in total. The predicted octanol–water partition coefficient (Wildman–Crippen LogP) is 4.88. The first kappa shape index (κ1) is 18.4. The standard InChI is InChI=1S/C17H36NOP/c1-12(2)15(18-20(9)17(6,7)8)14-10-13(11-19-14)16(3,4)5/h12-15,18H,10-11H2,1-9H3/t13-,14?,15-,20?/m0/s1. The first-order chi connectivity index (χ1) is 8.93. The van der Waals surface area contributed by atoms with E-state index in [4.69, 9.17) is 4.74 Å². The van der Waals surface area contributed by atoms with E-state index in [0.29, 0.717) is 34.6 Å². The van der Waals surface area contributed by atoms with Crippen LogP contribution in [0.5, 0.6) is 0 Å². The highest BCUT2D eigenvalue weighted by atomic mass is 31.1. The minimum absolute atomic E-state index is 0.182. The largest absolute Gasteiger partial charge is 0.376 e. The maximum Gasteiger partial charge on any atom is 0.0737 e. The Hall–Kier alpha value is 0.350. The molecule has 1 aliphatic rings. The Morgan fingerprint density at radius 1 is 1.10 bits per heavy atom. The Morgan fingerprint density at radius 3 is 2.00 bits per heavy atom. The van der Waals surface area contributed by atoms with Crippen LogP contribution in [-0.2, 0) is 4.74 Å². The van der Waals surface area contributed by atoms with Crippen LogP contribution in [0.3, 0.4) is 0 Å². The molecule has 4 atom stereocenters. The van der Waals surface area contributed by atoms with Gasteiger partial charge in [-0.15, -0.1) is 0 Å². The van der Waals surface area contributed by atoms with Gasteiger partial charge in [0.15, 0.2) is 0 Å². The normalized spacial score (nSPS) is 27.9. The van der Waals surface area contributed by atoms with Crippen LogP contribution in [0.4, 0.5) is 0 Å². The Morgan fingerprint density at radius 2 is 1.65 bits per heavy atom. The smallest absolute Gasteiger partial charge is 0.0737 e. The molecule has 0 aromatic carbocycles. The lowest BCUT2D eigenvalue weighted by atomic mass is 9.78. The highest BCUT2D eigenvalue weighted by molar-refractivity contribution is 7.56. The third-order valence-corrected chi connectivity index (χ3v) is 7.42. The molecule has 1 aliphatic heterocycles. The van der Waals surface area contributed by atoms with Crippen molar-refractivity contribution < 1.29 is 4.74 Å². The van der Waals surface area contributed by atoms with E-state index in [-0.39, 0.29) is 8.07 Å². The quantitative estimate of drug-likeness (QED) is 0.747. The average molecular weight is 301 g/mol. The first-order valence-corrected chi connectivity index (χ1v) is 9.83.